The summed E-state index contributed by atoms with van der Waals surface area (Å²) in [5.41, 5.74) is 1.62. The number of carboxylic acids is 1. The van der Waals surface area contributed by atoms with Crippen LogP contribution in [0, 0.1) is 0 Å². The monoisotopic (exact) mass is 575 g/mol. The minimum atomic E-state index is -5.08. The summed E-state index contributed by atoms with van der Waals surface area (Å²) in [5.74, 6) is -2.39. The fraction of sp³-hybridized carbons (Fsp3) is 0.364. The van der Waals surface area contributed by atoms with Crippen LogP contribution in [0.15, 0.2) is 47.2 Å². The molecule has 3 aromatic rings. The van der Waals surface area contributed by atoms with Crippen LogP contribution in [0.1, 0.15) is 19.3 Å². The van der Waals surface area contributed by atoms with Crippen molar-refractivity contribution in [3.05, 3.63) is 42.2 Å². The van der Waals surface area contributed by atoms with E-state index >= 15 is 0 Å². The third-order valence-electron chi connectivity index (χ3n) is 5.37. The van der Waals surface area contributed by atoms with Gasteiger partial charge in [0.15, 0.2) is 10.2 Å². The number of aromatic nitrogens is 3. The van der Waals surface area contributed by atoms with Crippen molar-refractivity contribution in [2.24, 2.45) is 7.05 Å². The fourth-order valence-electron chi connectivity index (χ4n) is 3.51. The van der Waals surface area contributed by atoms with E-state index in [9.17, 15) is 26.4 Å². The Morgan fingerprint density at radius 2 is 1.87 bits per heavy atom. The summed E-state index contributed by atoms with van der Waals surface area (Å²) < 4.78 is 65.8. The highest BCUT2D eigenvalue weighted by Gasteiger charge is 2.39. The maximum atomic E-state index is 13.1. The number of carboxylic acid groups (broad SMARTS) is 1. The molecular formula is C22H24F3N5O6S2. The van der Waals surface area contributed by atoms with Crippen LogP contribution < -0.4 is 10.1 Å². The molecule has 1 fully saturated rings. The van der Waals surface area contributed by atoms with Gasteiger partial charge in [0.2, 0.25) is 5.91 Å². The van der Waals surface area contributed by atoms with E-state index in [0.717, 1.165) is 23.4 Å². The predicted molar refractivity (Wildman–Crippen MR) is 131 cm³/mol. The molecule has 0 spiro atoms. The summed E-state index contributed by atoms with van der Waals surface area (Å²) in [6.45, 7) is 0.284. The van der Waals surface area contributed by atoms with E-state index in [1.54, 1.807) is 18.7 Å². The standard InChI is InChI=1S/C20H23N5O4S2.C2HF3O2/c1-24-11-18(21-13-24)31(27,28)25-10-4-3-5-17(25)19(26)23-20-22-16(12-30-20)14-6-8-15(29-2)9-7-14;3-2(4,5)1(6)7/h6-9,11-13,17H,3-5,10H2,1-2H3,(H,22,23,26);(H,6,7)/t17-;/m1./s1. The van der Waals surface area contributed by atoms with Crippen molar-refractivity contribution in [1.82, 2.24) is 18.8 Å². The quantitative estimate of drug-likeness (QED) is 0.456. The van der Waals surface area contributed by atoms with Gasteiger partial charge in [0.05, 0.1) is 19.1 Å². The number of anilines is 1. The number of sulfonamides is 1. The first-order valence-electron chi connectivity index (χ1n) is 11.0. The average Bonchev–Trinajstić information content (AvgIpc) is 3.53. The van der Waals surface area contributed by atoms with Crippen LogP contribution in [0.2, 0.25) is 0 Å². The number of ether oxygens (including phenoxy) is 1. The van der Waals surface area contributed by atoms with Crippen LogP contribution in [0.25, 0.3) is 11.3 Å². The van der Waals surface area contributed by atoms with Gasteiger partial charge in [-0.15, -0.1) is 11.3 Å². The molecule has 1 atom stereocenters. The molecule has 0 unspecified atom stereocenters. The van der Waals surface area contributed by atoms with Gasteiger partial charge < -0.3 is 19.7 Å². The summed E-state index contributed by atoms with van der Waals surface area (Å²) in [5, 5.41) is 12.1. The minimum Gasteiger partial charge on any atom is -0.497 e. The highest BCUT2D eigenvalue weighted by atomic mass is 32.2. The molecule has 0 radical (unpaired) electrons. The Labute approximate surface area is 219 Å². The summed E-state index contributed by atoms with van der Waals surface area (Å²) >= 11 is 1.30. The molecule has 206 valence electrons. The van der Waals surface area contributed by atoms with Crippen LogP contribution in [0.5, 0.6) is 5.75 Å². The second-order valence-electron chi connectivity index (χ2n) is 8.06. The first kappa shape index (κ1) is 29.1. The van der Waals surface area contributed by atoms with Gasteiger partial charge in [-0.1, -0.05) is 6.42 Å². The number of alkyl halides is 3. The number of nitrogens with zero attached hydrogens (tertiary/aromatic N) is 4. The van der Waals surface area contributed by atoms with Crippen molar-refractivity contribution in [1.29, 1.82) is 0 Å². The zero-order valence-electron chi connectivity index (χ0n) is 20.2. The van der Waals surface area contributed by atoms with Gasteiger partial charge in [-0.3, -0.25) is 4.79 Å². The van der Waals surface area contributed by atoms with E-state index in [1.807, 2.05) is 29.6 Å². The number of aliphatic carboxylic acids is 1. The number of imidazole rings is 1. The first-order valence-corrected chi connectivity index (χ1v) is 13.4. The van der Waals surface area contributed by atoms with Crippen LogP contribution in [0.4, 0.5) is 18.3 Å². The van der Waals surface area contributed by atoms with Crippen molar-refractivity contribution in [2.45, 2.75) is 36.5 Å². The fourth-order valence-corrected chi connectivity index (χ4v) is 5.86. The van der Waals surface area contributed by atoms with Crippen LogP contribution in [-0.4, -0.2) is 70.1 Å². The van der Waals surface area contributed by atoms with E-state index in [0.29, 0.717) is 18.0 Å². The number of benzene rings is 1. The molecule has 0 bridgehead atoms. The van der Waals surface area contributed by atoms with Gasteiger partial charge in [0, 0.05) is 30.7 Å². The normalized spacial score (nSPS) is 16.3. The largest absolute Gasteiger partial charge is 0.497 e. The Balaban J connectivity index is 0.000000505. The van der Waals surface area contributed by atoms with E-state index in [1.165, 1.54) is 28.2 Å². The topological polar surface area (TPSA) is 144 Å². The van der Waals surface area contributed by atoms with Crippen LogP contribution in [0.3, 0.4) is 0 Å². The summed E-state index contributed by atoms with van der Waals surface area (Å²) in [6.07, 6.45) is -0.270. The SMILES string of the molecule is COc1ccc(-c2csc(NC(=O)[C@H]3CCCCN3S(=O)(=O)c3cn(C)cn3)n2)cc1.O=C(O)C(F)(F)F. The number of nitrogens with one attached hydrogen (secondary N) is 1. The number of hydrogen-bond donors (Lipinski definition) is 2. The lowest BCUT2D eigenvalue weighted by Gasteiger charge is -2.32. The van der Waals surface area contributed by atoms with Crippen LogP contribution >= 0.6 is 11.3 Å². The third-order valence-corrected chi connectivity index (χ3v) is 7.92. The number of hydrogen-bond acceptors (Lipinski definition) is 8. The highest BCUT2D eigenvalue weighted by Crippen LogP contribution is 2.29. The van der Waals surface area contributed by atoms with Crippen molar-refractivity contribution >= 4 is 38.4 Å². The molecule has 0 aliphatic carbocycles. The van der Waals surface area contributed by atoms with E-state index in [-0.39, 0.29) is 17.5 Å². The number of aryl methyl sites for hydroxylation is 1. The molecule has 2 aromatic heterocycles. The lowest BCUT2D eigenvalue weighted by atomic mass is 10.0. The van der Waals surface area contributed by atoms with E-state index < -0.39 is 28.2 Å². The number of methoxy groups -OCH3 is 1. The van der Waals surface area contributed by atoms with Crippen molar-refractivity contribution in [2.75, 3.05) is 19.0 Å². The predicted octanol–water partition coefficient (Wildman–Crippen LogP) is 3.37. The number of carbonyl (C=O) groups excluding carboxylic acids is 1. The molecule has 2 N–H and O–H groups in total. The number of thiazole rings is 1. The van der Waals surface area contributed by atoms with Gasteiger partial charge in [0.1, 0.15) is 11.8 Å². The Morgan fingerprint density at radius 3 is 2.42 bits per heavy atom. The highest BCUT2D eigenvalue weighted by molar-refractivity contribution is 7.89. The second-order valence-corrected chi connectivity index (χ2v) is 10.8. The number of carbonyl (C=O) groups is 2. The van der Waals surface area contributed by atoms with Crippen molar-refractivity contribution in [3.63, 3.8) is 0 Å². The molecule has 4 rings (SSSR count). The molecule has 1 aliphatic heterocycles. The Kier molecular flexibility index (Phi) is 9.11. The second kappa shape index (κ2) is 11.9. The molecule has 1 saturated heterocycles. The maximum absolute atomic E-state index is 13.1. The molecular weight excluding hydrogens is 551 g/mol. The third kappa shape index (κ3) is 7.08. The molecule has 38 heavy (non-hydrogen) atoms. The van der Waals surface area contributed by atoms with Crippen LogP contribution in [-0.2, 0) is 26.7 Å². The lowest BCUT2D eigenvalue weighted by molar-refractivity contribution is -0.192. The molecule has 1 amide bonds. The van der Waals surface area contributed by atoms with Gasteiger partial charge in [0.25, 0.3) is 10.0 Å². The molecule has 3 heterocycles. The van der Waals surface area contributed by atoms with Gasteiger partial charge in [-0.05, 0) is 37.1 Å². The molecule has 16 heteroatoms. The number of amides is 1. The lowest BCUT2D eigenvalue weighted by Crippen LogP contribution is -2.49. The first-order chi connectivity index (χ1) is 17.8. The van der Waals surface area contributed by atoms with Crippen molar-refractivity contribution < 1.29 is 41.0 Å². The number of rotatable bonds is 6. The molecule has 0 saturated carbocycles. The van der Waals surface area contributed by atoms with E-state index in [2.05, 4.69) is 15.3 Å². The van der Waals surface area contributed by atoms with Gasteiger partial charge in [-0.25, -0.2) is 23.2 Å². The average molecular weight is 576 g/mol. The van der Waals surface area contributed by atoms with Gasteiger partial charge in [-0.2, -0.15) is 17.5 Å². The zero-order valence-corrected chi connectivity index (χ0v) is 21.8. The zero-order chi connectivity index (χ0) is 28.1. The van der Waals surface area contributed by atoms with E-state index in [4.69, 9.17) is 14.6 Å². The Morgan fingerprint density at radius 1 is 1.21 bits per heavy atom. The summed E-state index contributed by atoms with van der Waals surface area (Å²) in [7, 11) is -0.551. The molecule has 1 aliphatic rings. The van der Waals surface area contributed by atoms with Gasteiger partial charge >= 0.3 is 12.1 Å². The molecule has 11 nitrogen and oxygen atoms in total. The molecule has 1 aromatic carbocycles. The minimum absolute atomic E-state index is 0.0502. The number of piperidine rings is 1. The number of halogens is 3. The maximum Gasteiger partial charge on any atom is 0.490 e. The summed E-state index contributed by atoms with van der Waals surface area (Å²) in [4.78, 5) is 30.3. The Bertz CT molecular complexity index is 1370. The smallest absolute Gasteiger partial charge is 0.490 e. The Hall–Kier alpha value is -3.50. The van der Waals surface area contributed by atoms with Crippen molar-refractivity contribution in [3.8, 4) is 17.0 Å². The summed E-state index contributed by atoms with van der Waals surface area (Å²) in [6, 6.07) is 6.67.